The maximum Gasteiger partial charge on any atom is 0.337 e. The monoisotopic (exact) mass is 628 g/mol. The summed E-state index contributed by atoms with van der Waals surface area (Å²) in [6.07, 6.45) is -6.68. The van der Waals surface area contributed by atoms with Crippen molar-refractivity contribution in [2.24, 2.45) is 35.5 Å². The van der Waals surface area contributed by atoms with E-state index in [1.54, 1.807) is 0 Å². The fraction of sp³-hybridized carbons (Fsp3) is 0.724. The van der Waals surface area contributed by atoms with Gasteiger partial charge in [-0.1, -0.05) is 13.0 Å². The highest BCUT2D eigenvalue weighted by Crippen LogP contribution is 2.47. The van der Waals surface area contributed by atoms with Crippen LogP contribution in [0.5, 0.6) is 0 Å². The molecule has 0 bridgehead atoms. The van der Waals surface area contributed by atoms with Crippen LogP contribution in [-0.4, -0.2) is 114 Å². The SMILES string of the molecule is C=CC1[C@H](O[C@@H]2O[C@H](CO)[C@@H](O)[C@H](O)[C@H]2O)OC=C(C(=O)O[C@H]2CC3C(COC(=O)[C@@H]3C(=O)OC)[C@H]2C)[C@H]1CCOC(C)=O. The molecule has 3 aliphatic heterocycles. The number of rotatable bonds is 10. The highest BCUT2D eigenvalue weighted by Gasteiger charge is 2.55. The van der Waals surface area contributed by atoms with E-state index in [1.807, 2.05) is 6.92 Å². The number of esters is 4. The van der Waals surface area contributed by atoms with Gasteiger partial charge in [-0.2, -0.15) is 0 Å². The first-order valence-electron chi connectivity index (χ1n) is 14.5. The van der Waals surface area contributed by atoms with E-state index in [-0.39, 0.29) is 43.5 Å². The van der Waals surface area contributed by atoms with Crippen LogP contribution in [0.15, 0.2) is 24.5 Å². The molecule has 0 aromatic carbocycles. The first kappa shape index (κ1) is 33.8. The molecule has 3 heterocycles. The van der Waals surface area contributed by atoms with Crippen molar-refractivity contribution in [1.29, 1.82) is 0 Å². The van der Waals surface area contributed by atoms with Gasteiger partial charge in [0.05, 0.1) is 38.8 Å². The molecule has 246 valence electrons. The van der Waals surface area contributed by atoms with Gasteiger partial charge in [-0.3, -0.25) is 14.4 Å². The molecule has 0 amide bonds. The lowest BCUT2D eigenvalue weighted by Gasteiger charge is -2.43. The molecule has 2 saturated heterocycles. The molecular formula is C29H40O15. The van der Waals surface area contributed by atoms with E-state index < -0.39 is 97.3 Å². The van der Waals surface area contributed by atoms with E-state index >= 15 is 0 Å². The van der Waals surface area contributed by atoms with Crippen LogP contribution >= 0.6 is 0 Å². The molecule has 1 aliphatic carbocycles. The zero-order valence-electron chi connectivity index (χ0n) is 24.7. The summed E-state index contributed by atoms with van der Waals surface area (Å²) in [5.74, 6) is -6.23. The Bertz CT molecular complexity index is 1110. The number of hydrogen-bond acceptors (Lipinski definition) is 15. The van der Waals surface area contributed by atoms with E-state index in [9.17, 15) is 39.6 Å². The second-order valence-electron chi connectivity index (χ2n) is 11.5. The van der Waals surface area contributed by atoms with Gasteiger partial charge >= 0.3 is 23.9 Å². The van der Waals surface area contributed by atoms with Crippen LogP contribution in [0.2, 0.25) is 0 Å². The maximum atomic E-state index is 13.6. The van der Waals surface area contributed by atoms with Gasteiger partial charge in [0.2, 0.25) is 6.29 Å². The third-order valence-electron chi connectivity index (χ3n) is 9.00. The van der Waals surface area contributed by atoms with Crippen LogP contribution < -0.4 is 0 Å². The number of aliphatic hydroxyl groups is 4. The molecule has 4 rings (SSSR count). The Balaban J connectivity index is 1.53. The predicted molar refractivity (Wildman–Crippen MR) is 143 cm³/mol. The summed E-state index contributed by atoms with van der Waals surface area (Å²) in [6.45, 7) is 6.25. The number of ether oxygens (including phenoxy) is 7. The summed E-state index contributed by atoms with van der Waals surface area (Å²) < 4.78 is 38.1. The van der Waals surface area contributed by atoms with Gasteiger partial charge in [-0.15, -0.1) is 6.58 Å². The average Bonchev–Trinajstić information content (AvgIpc) is 3.30. The van der Waals surface area contributed by atoms with Crippen molar-refractivity contribution in [3.05, 3.63) is 24.5 Å². The number of methoxy groups -OCH3 is 1. The summed E-state index contributed by atoms with van der Waals surface area (Å²) in [6, 6.07) is 0. The van der Waals surface area contributed by atoms with Gasteiger partial charge < -0.3 is 53.6 Å². The topological polar surface area (TPSA) is 214 Å². The van der Waals surface area contributed by atoms with Gasteiger partial charge in [-0.05, 0) is 24.7 Å². The summed E-state index contributed by atoms with van der Waals surface area (Å²) >= 11 is 0. The Morgan fingerprint density at radius 1 is 1.11 bits per heavy atom. The number of carbonyl (C=O) groups is 4. The molecule has 3 fully saturated rings. The Labute approximate surface area is 253 Å². The predicted octanol–water partition coefficient (Wildman–Crippen LogP) is -1.06. The van der Waals surface area contributed by atoms with Crippen molar-refractivity contribution in [3.63, 3.8) is 0 Å². The molecule has 44 heavy (non-hydrogen) atoms. The number of hydrogen-bond donors (Lipinski definition) is 4. The van der Waals surface area contributed by atoms with Gasteiger partial charge in [0.15, 0.2) is 12.2 Å². The average molecular weight is 629 g/mol. The minimum absolute atomic E-state index is 0.0774. The normalized spacial score (nSPS) is 40.0. The lowest BCUT2D eigenvalue weighted by atomic mass is 9.80. The fourth-order valence-electron chi connectivity index (χ4n) is 6.49. The number of cyclic esters (lactones) is 1. The van der Waals surface area contributed by atoms with E-state index in [2.05, 4.69) is 6.58 Å². The Kier molecular flexibility index (Phi) is 11.0. The quantitative estimate of drug-likeness (QED) is 0.0983. The molecule has 4 aliphatic rings. The fourth-order valence-corrected chi connectivity index (χ4v) is 6.49. The van der Waals surface area contributed by atoms with Crippen LogP contribution in [0, 0.1) is 35.5 Å². The third kappa shape index (κ3) is 6.77. The second-order valence-corrected chi connectivity index (χ2v) is 11.5. The van der Waals surface area contributed by atoms with Crippen molar-refractivity contribution in [1.82, 2.24) is 0 Å². The summed E-state index contributed by atoms with van der Waals surface area (Å²) in [5.41, 5.74) is 0.0784. The van der Waals surface area contributed by atoms with Crippen molar-refractivity contribution < 1.29 is 72.8 Å². The molecule has 0 aromatic rings. The molecule has 13 atom stereocenters. The molecule has 15 heteroatoms. The summed E-state index contributed by atoms with van der Waals surface area (Å²) in [4.78, 5) is 49.8. The largest absolute Gasteiger partial charge is 0.471 e. The van der Waals surface area contributed by atoms with Gasteiger partial charge in [-0.25, -0.2) is 4.79 Å². The van der Waals surface area contributed by atoms with Crippen LogP contribution in [0.25, 0.3) is 0 Å². The highest BCUT2D eigenvalue weighted by atomic mass is 16.8. The molecule has 0 spiro atoms. The van der Waals surface area contributed by atoms with Crippen LogP contribution in [-0.2, 0) is 52.3 Å². The summed E-state index contributed by atoms with van der Waals surface area (Å²) in [5, 5.41) is 40.2. The minimum atomic E-state index is -1.70. The van der Waals surface area contributed by atoms with E-state index in [0.717, 1.165) is 6.26 Å². The highest BCUT2D eigenvalue weighted by molar-refractivity contribution is 5.96. The van der Waals surface area contributed by atoms with E-state index in [0.29, 0.717) is 0 Å². The van der Waals surface area contributed by atoms with Crippen molar-refractivity contribution in [2.75, 3.05) is 26.9 Å². The van der Waals surface area contributed by atoms with Crippen LogP contribution in [0.4, 0.5) is 0 Å². The molecule has 0 radical (unpaired) electrons. The lowest BCUT2D eigenvalue weighted by Crippen LogP contribution is -2.60. The van der Waals surface area contributed by atoms with Crippen LogP contribution in [0.1, 0.15) is 26.7 Å². The molecule has 0 aromatic heterocycles. The number of carbonyl (C=O) groups excluding carboxylic acids is 4. The minimum Gasteiger partial charge on any atom is -0.471 e. The number of aliphatic hydroxyl groups excluding tert-OH is 4. The summed E-state index contributed by atoms with van der Waals surface area (Å²) in [7, 11) is 1.19. The Hall–Kier alpha value is -3.08. The Morgan fingerprint density at radius 2 is 1.84 bits per heavy atom. The zero-order chi connectivity index (χ0) is 32.3. The first-order chi connectivity index (χ1) is 20.9. The van der Waals surface area contributed by atoms with Crippen molar-refractivity contribution >= 4 is 23.9 Å². The molecule has 1 saturated carbocycles. The van der Waals surface area contributed by atoms with Crippen molar-refractivity contribution in [3.8, 4) is 0 Å². The molecule has 15 nitrogen and oxygen atoms in total. The van der Waals surface area contributed by atoms with Gasteiger partial charge in [0, 0.05) is 24.7 Å². The second kappa shape index (κ2) is 14.3. The third-order valence-corrected chi connectivity index (χ3v) is 9.00. The maximum absolute atomic E-state index is 13.6. The van der Waals surface area contributed by atoms with E-state index in [1.165, 1.54) is 20.1 Å². The Morgan fingerprint density at radius 3 is 2.48 bits per heavy atom. The molecule has 3 unspecified atom stereocenters. The van der Waals surface area contributed by atoms with Gasteiger partial charge in [0.1, 0.15) is 30.5 Å². The molecule has 4 N–H and O–H groups in total. The van der Waals surface area contributed by atoms with Crippen LogP contribution in [0.3, 0.4) is 0 Å². The molecular weight excluding hydrogens is 588 g/mol. The number of fused-ring (bicyclic) bond motifs is 1. The zero-order valence-corrected chi connectivity index (χ0v) is 24.7. The lowest BCUT2D eigenvalue weighted by molar-refractivity contribution is -0.339. The smallest absolute Gasteiger partial charge is 0.337 e. The standard InChI is InChI=1S/C29H40O15/c1-5-14-15(6-7-39-13(3)31)18(11-41-28(14)44-29-24(34)23(33)22(32)20(9-30)43-29)25(35)42-19-8-16-17(12(19)2)10-40-27(37)21(16)26(36)38-4/h5,11-12,14-17,19-24,28-30,32-34H,1,6-10H2,2-4H3/t12-,14?,15+,16?,17?,19+,20-,21+,22-,23+,24-,28+,29+/m1/s1. The van der Waals surface area contributed by atoms with Crippen molar-refractivity contribution in [2.45, 2.75) is 69.8 Å². The first-order valence-corrected chi connectivity index (χ1v) is 14.5. The van der Waals surface area contributed by atoms with E-state index in [4.69, 9.17) is 33.2 Å². The van der Waals surface area contributed by atoms with Gasteiger partial charge in [0.25, 0.3) is 0 Å².